The quantitative estimate of drug-likeness (QED) is 0.804. The first kappa shape index (κ1) is 12.8. The van der Waals surface area contributed by atoms with Crippen molar-refractivity contribution >= 4 is 5.91 Å². The molecular weight excluding hydrogens is 206 g/mol. The molecule has 0 aliphatic rings. The normalized spacial score (nSPS) is 11.5. The van der Waals surface area contributed by atoms with Gasteiger partial charge in [0, 0.05) is 0 Å². The second-order valence-electron chi connectivity index (χ2n) is 4.01. The van der Waals surface area contributed by atoms with Gasteiger partial charge in [-0.05, 0) is 31.9 Å². The van der Waals surface area contributed by atoms with E-state index in [2.05, 4.69) is 5.32 Å². The Labute approximate surface area is 95.7 Å². The fourth-order valence-corrected chi connectivity index (χ4v) is 1.55. The van der Waals surface area contributed by atoms with Gasteiger partial charge in [0.15, 0.2) is 5.76 Å². The van der Waals surface area contributed by atoms with Crippen LogP contribution in [-0.4, -0.2) is 23.2 Å². The summed E-state index contributed by atoms with van der Waals surface area (Å²) < 4.78 is 5.23. The van der Waals surface area contributed by atoms with Crippen LogP contribution in [0.3, 0.4) is 0 Å². The molecule has 0 aliphatic heterocycles. The number of hydrogen-bond donors (Lipinski definition) is 2. The number of carbonyl (C=O) groups excluding carboxylic acids is 1. The summed E-state index contributed by atoms with van der Waals surface area (Å²) in [6.07, 6.45) is 1.37. The van der Waals surface area contributed by atoms with Gasteiger partial charge in [0.1, 0.15) is 5.76 Å². The third-order valence-electron chi connectivity index (χ3n) is 3.00. The predicted octanol–water partition coefficient (Wildman–Crippen LogP) is 1.87. The fourth-order valence-electron chi connectivity index (χ4n) is 1.55. The molecule has 90 valence electrons. The van der Waals surface area contributed by atoms with Crippen LogP contribution in [0.4, 0.5) is 0 Å². The van der Waals surface area contributed by atoms with Gasteiger partial charge >= 0.3 is 0 Å². The van der Waals surface area contributed by atoms with Gasteiger partial charge in [0.2, 0.25) is 0 Å². The van der Waals surface area contributed by atoms with Crippen LogP contribution in [0.1, 0.15) is 43.0 Å². The van der Waals surface area contributed by atoms with Crippen LogP contribution in [0.2, 0.25) is 0 Å². The third-order valence-corrected chi connectivity index (χ3v) is 3.00. The van der Waals surface area contributed by atoms with Gasteiger partial charge in [-0.2, -0.15) is 0 Å². The Hall–Kier alpha value is -1.29. The van der Waals surface area contributed by atoms with Crippen molar-refractivity contribution in [1.29, 1.82) is 0 Å². The number of aliphatic hydroxyl groups is 1. The molecule has 1 amide bonds. The van der Waals surface area contributed by atoms with Crippen molar-refractivity contribution < 1.29 is 14.3 Å². The van der Waals surface area contributed by atoms with Crippen molar-refractivity contribution in [2.24, 2.45) is 0 Å². The van der Waals surface area contributed by atoms with Crippen molar-refractivity contribution in [3.8, 4) is 0 Å². The highest BCUT2D eigenvalue weighted by Crippen LogP contribution is 2.16. The van der Waals surface area contributed by atoms with E-state index in [4.69, 9.17) is 4.42 Å². The molecule has 0 aromatic carbocycles. The lowest BCUT2D eigenvalue weighted by Crippen LogP contribution is -2.50. The third kappa shape index (κ3) is 2.64. The van der Waals surface area contributed by atoms with Gasteiger partial charge in [-0.25, -0.2) is 0 Å². The minimum absolute atomic E-state index is 0.0641. The standard InChI is InChI=1S/C12H19NO3/c1-4-12(5-2,8-14)13-11(15)10-7-6-9(3)16-10/h6-7,14H,4-5,8H2,1-3H3,(H,13,15). The summed E-state index contributed by atoms with van der Waals surface area (Å²) in [5.74, 6) is 0.718. The lowest BCUT2D eigenvalue weighted by atomic mass is 9.94. The van der Waals surface area contributed by atoms with Gasteiger partial charge in [0.25, 0.3) is 5.91 Å². The number of furan rings is 1. The van der Waals surface area contributed by atoms with E-state index in [1.54, 1.807) is 19.1 Å². The first-order valence-electron chi connectivity index (χ1n) is 5.56. The van der Waals surface area contributed by atoms with Crippen LogP contribution in [0.15, 0.2) is 16.5 Å². The highest BCUT2D eigenvalue weighted by Gasteiger charge is 2.28. The fraction of sp³-hybridized carbons (Fsp3) is 0.583. The molecule has 1 aromatic rings. The highest BCUT2D eigenvalue weighted by molar-refractivity contribution is 5.92. The van der Waals surface area contributed by atoms with E-state index in [1.165, 1.54) is 0 Å². The maximum atomic E-state index is 11.8. The lowest BCUT2D eigenvalue weighted by Gasteiger charge is -2.30. The Morgan fingerprint density at radius 2 is 2.06 bits per heavy atom. The first-order chi connectivity index (χ1) is 7.56. The zero-order valence-corrected chi connectivity index (χ0v) is 10.0. The van der Waals surface area contributed by atoms with E-state index >= 15 is 0 Å². The summed E-state index contributed by atoms with van der Waals surface area (Å²) in [5, 5.41) is 12.2. The molecule has 0 radical (unpaired) electrons. The number of nitrogens with one attached hydrogen (secondary N) is 1. The number of amides is 1. The Kier molecular flexibility index (Phi) is 4.12. The van der Waals surface area contributed by atoms with Crippen LogP contribution < -0.4 is 5.32 Å². The molecule has 16 heavy (non-hydrogen) atoms. The summed E-state index contributed by atoms with van der Waals surface area (Å²) in [5.41, 5.74) is -0.544. The van der Waals surface area contributed by atoms with Crippen molar-refractivity contribution in [3.63, 3.8) is 0 Å². The van der Waals surface area contributed by atoms with Crippen molar-refractivity contribution in [1.82, 2.24) is 5.32 Å². The number of aryl methyl sites for hydroxylation is 1. The van der Waals surface area contributed by atoms with Gasteiger partial charge in [0.05, 0.1) is 12.1 Å². The average Bonchev–Trinajstić information content (AvgIpc) is 2.73. The van der Waals surface area contributed by atoms with E-state index in [9.17, 15) is 9.90 Å². The van der Waals surface area contributed by atoms with Crippen molar-refractivity contribution in [3.05, 3.63) is 23.7 Å². The molecule has 4 heteroatoms. The average molecular weight is 225 g/mol. The number of rotatable bonds is 5. The monoisotopic (exact) mass is 225 g/mol. The Balaban J connectivity index is 2.76. The van der Waals surface area contributed by atoms with Crippen molar-refractivity contribution in [2.45, 2.75) is 39.2 Å². The number of aliphatic hydroxyl groups excluding tert-OH is 1. The molecule has 0 bridgehead atoms. The van der Waals surface area contributed by atoms with Gasteiger partial charge in [-0.15, -0.1) is 0 Å². The maximum Gasteiger partial charge on any atom is 0.287 e. The number of carbonyl (C=O) groups is 1. The van der Waals surface area contributed by atoms with E-state index in [0.29, 0.717) is 18.6 Å². The SMILES string of the molecule is CCC(CC)(CO)NC(=O)c1ccc(C)o1. The molecule has 1 heterocycles. The summed E-state index contributed by atoms with van der Waals surface area (Å²) in [6.45, 7) is 5.60. The predicted molar refractivity (Wildman–Crippen MR) is 61.3 cm³/mol. The molecule has 0 fully saturated rings. The van der Waals surface area contributed by atoms with Crippen molar-refractivity contribution in [2.75, 3.05) is 6.61 Å². The van der Waals surface area contributed by atoms with Crippen LogP contribution in [0.25, 0.3) is 0 Å². The molecule has 0 saturated heterocycles. The molecule has 0 unspecified atom stereocenters. The van der Waals surface area contributed by atoms with E-state index in [0.717, 1.165) is 0 Å². The first-order valence-corrected chi connectivity index (χ1v) is 5.56. The van der Waals surface area contributed by atoms with E-state index < -0.39 is 5.54 Å². The zero-order valence-electron chi connectivity index (χ0n) is 10.0. The van der Waals surface area contributed by atoms with E-state index in [-0.39, 0.29) is 18.3 Å². The molecule has 1 rings (SSSR count). The molecular formula is C12H19NO3. The maximum absolute atomic E-state index is 11.8. The Bertz CT molecular complexity index is 345. The van der Waals surface area contributed by atoms with Gasteiger partial charge in [-0.3, -0.25) is 4.79 Å². The highest BCUT2D eigenvalue weighted by atomic mass is 16.3. The van der Waals surface area contributed by atoms with Gasteiger partial charge < -0.3 is 14.8 Å². The number of hydrogen-bond acceptors (Lipinski definition) is 3. The second-order valence-corrected chi connectivity index (χ2v) is 4.01. The minimum Gasteiger partial charge on any atom is -0.456 e. The van der Waals surface area contributed by atoms with Crippen LogP contribution in [-0.2, 0) is 0 Å². The van der Waals surface area contributed by atoms with Gasteiger partial charge in [-0.1, -0.05) is 13.8 Å². The van der Waals surface area contributed by atoms with Crippen LogP contribution in [0.5, 0.6) is 0 Å². The van der Waals surface area contributed by atoms with Crippen LogP contribution in [0, 0.1) is 6.92 Å². The summed E-state index contributed by atoms with van der Waals surface area (Å²) in [6, 6.07) is 3.38. The largest absolute Gasteiger partial charge is 0.456 e. The molecule has 2 N–H and O–H groups in total. The topological polar surface area (TPSA) is 62.5 Å². The molecule has 0 saturated carbocycles. The Morgan fingerprint density at radius 1 is 1.44 bits per heavy atom. The second kappa shape index (κ2) is 5.16. The molecule has 0 spiro atoms. The summed E-state index contributed by atoms with van der Waals surface area (Å²) in [4.78, 5) is 11.8. The summed E-state index contributed by atoms with van der Waals surface area (Å²) in [7, 11) is 0. The molecule has 0 aliphatic carbocycles. The van der Waals surface area contributed by atoms with E-state index in [1.807, 2.05) is 13.8 Å². The summed E-state index contributed by atoms with van der Waals surface area (Å²) >= 11 is 0. The Morgan fingerprint density at radius 3 is 2.44 bits per heavy atom. The molecule has 1 aromatic heterocycles. The molecule has 4 nitrogen and oxygen atoms in total. The lowest BCUT2D eigenvalue weighted by molar-refractivity contribution is 0.0789. The minimum atomic E-state index is -0.544. The zero-order chi connectivity index (χ0) is 12.2. The molecule has 0 atom stereocenters. The van der Waals surface area contributed by atoms with Crippen LogP contribution >= 0.6 is 0 Å². The smallest absolute Gasteiger partial charge is 0.287 e.